The molecule has 0 unspecified atom stereocenters. The number of rotatable bonds is 2. The molecule has 1 nitrogen and oxygen atoms in total. The first-order chi connectivity index (χ1) is 4.31. The SMILES string of the molecule is [B]C(/C=C\C=C/C)=C\O. The summed E-state index contributed by atoms with van der Waals surface area (Å²) in [5, 5.41) is 8.27. The van der Waals surface area contributed by atoms with Crippen LogP contribution in [0.5, 0.6) is 0 Å². The van der Waals surface area contributed by atoms with Crippen LogP contribution in [0, 0.1) is 0 Å². The lowest BCUT2D eigenvalue weighted by atomic mass is 9.97. The van der Waals surface area contributed by atoms with Gasteiger partial charge in [0.2, 0.25) is 0 Å². The fraction of sp³-hybridized carbons (Fsp3) is 0.143. The third-order valence-corrected chi connectivity index (χ3v) is 0.741. The van der Waals surface area contributed by atoms with Crippen molar-refractivity contribution < 1.29 is 5.11 Å². The van der Waals surface area contributed by atoms with Gasteiger partial charge in [0.15, 0.2) is 0 Å². The Labute approximate surface area is 56.8 Å². The Balaban J connectivity index is 3.71. The average molecular weight is 120 g/mol. The van der Waals surface area contributed by atoms with E-state index in [1.54, 1.807) is 12.2 Å². The molecule has 0 aliphatic rings. The maximum Gasteiger partial charge on any atom is 0.118 e. The highest BCUT2D eigenvalue weighted by Crippen LogP contribution is 1.87. The zero-order valence-electron chi connectivity index (χ0n) is 5.41. The monoisotopic (exact) mass is 120 g/mol. The van der Waals surface area contributed by atoms with Crippen molar-refractivity contribution in [2.45, 2.75) is 6.92 Å². The van der Waals surface area contributed by atoms with Gasteiger partial charge in [-0.3, -0.25) is 0 Å². The second kappa shape index (κ2) is 5.23. The lowest BCUT2D eigenvalue weighted by Crippen LogP contribution is -1.71. The van der Waals surface area contributed by atoms with Gasteiger partial charge in [0, 0.05) is 0 Å². The topological polar surface area (TPSA) is 20.2 Å². The highest BCUT2D eigenvalue weighted by Gasteiger charge is 1.73. The highest BCUT2D eigenvalue weighted by atomic mass is 16.2. The fourth-order valence-corrected chi connectivity index (χ4v) is 0.321. The molecule has 0 aromatic rings. The summed E-state index contributed by atoms with van der Waals surface area (Å²) >= 11 is 0. The largest absolute Gasteiger partial charge is 0.516 e. The van der Waals surface area contributed by atoms with E-state index in [9.17, 15) is 0 Å². The number of hydrogen-bond donors (Lipinski definition) is 1. The van der Waals surface area contributed by atoms with Crippen LogP contribution in [0.15, 0.2) is 36.0 Å². The summed E-state index contributed by atoms with van der Waals surface area (Å²) in [6, 6.07) is 0. The minimum absolute atomic E-state index is 0.355. The maximum atomic E-state index is 8.27. The lowest BCUT2D eigenvalue weighted by Gasteiger charge is -1.82. The van der Waals surface area contributed by atoms with Gasteiger partial charge in [-0.15, -0.1) is 0 Å². The molecule has 2 radical (unpaired) electrons. The van der Waals surface area contributed by atoms with Crippen LogP contribution in [0.25, 0.3) is 0 Å². The van der Waals surface area contributed by atoms with Gasteiger partial charge >= 0.3 is 0 Å². The van der Waals surface area contributed by atoms with Crippen LogP contribution >= 0.6 is 0 Å². The van der Waals surface area contributed by atoms with Crippen LogP contribution in [0.1, 0.15) is 6.92 Å². The van der Waals surface area contributed by atoms with Crippen LogP contribution in [0.2, 0.25) is 0 Å². The highest BCUT2D eigenvalue weighted by molar-refractivity contribution is 6.23. The van der Waals surface area contributed by atoms with Crippen molar-refractivity contribution in [3.8, 4) is 0 Å². The summed E-state index contributed by atoms with van der Waals surface area (Å²) in [6.45, 7) is 1.91. The van der Waals surface area contributed by atoms with Gasteiger partial charge in [0.1, 0.15) is 7.85 Å². The summed E-state index contributed by atoms with van der Waals surface area (Å²) in [7, 11) is 5.20. The average Bonchev–Trinajstić information content (AvgIpc) is 1.89. The normalized spacial score (nSPS) is 13.7. The molecule has 0 aromatic carbocycles. The molecule has 46 valence electrons. The van der Waals surface area contributed by atoms with Crippen LogP contribution < -0.4 is 0 Å². The van der Waals surface area contributed by atoms with E-state index in [4.69, 9.17) is 13.0 Å². The van der Waals surface area contributed by atoms with E-state index in [0.717, 1.165) is 6.26 Å². The first-order valence-corrected chi connectivity index (χ1v) is 2.70. The quantitative estimate of drug-likeness (QED) is 0.334. The van der Waals surface area contributed by atoms with E-state index >= 15 is 0 Å². The first kappa shape index (κ1) is 8.08. The Hall–Kier alpha value is -0.915. The predicted molar refractivity (Wildman–Crippen MR) is 40.4 cm³/mol. The van der Waals surface area contributed by atoms with E-state index in [2.05, 4.69) is 0 Å². The van der Waals surface area contributed by atoms with E-state index < -0.39 is 0 Å². The minimum Gasteiger partial charge on any atom is -0.516 e. The maximum absolute atomic E-state index is 8.27. The Morgan fingerprint density at radius 2 is 2.11 bits per heavy atom. The predicted octanol–water partition coefficient (Wildman–Crippen LogP) is 1.69. The molecule has 0 saturated heterocycles. The van der Waals surface area contributed by atoms with E-state index in [0.29, 0.717) is 5.47 Å². The number of hydrogen-bond acceptors (Lipinski definition) is 1. The van der Waals surface area contributed by atoms with E-state index in [1.807, 2.05) is 19.1 Å². The Morgan fingerprint density at radius 1 is 1.44 bits per heavy atom. The van der Waals surface area contributed by atoms with Gasteiger partial charge in [-0.2, -0.15) is 0 Å². The molecule has 0 spiro atoms. The van der Waals surface area contributed by atoms with Crippen molar-refractivity contribution in [2.75, 3.05) is 0 Å². The molecule has 1 N–H and O–H groups in total. The zero-order chi connectivity index (χ0) is 7.11. The summed E-state index contributed by atoms with van der Waals surface area (Å²) in [6.07, 6.45) is 7.93. The first-order valence-electron chi connectivity index (χ1n) is 2.70. The molecule has 2 heteroatoms. The van der Waals surface area contributed by atoms with E-state index in [1.165, 1.54) is 0 Å². The second-order valence-corrected chi connectivity index (χ2v) is 1.51. The van der Waals surface area contributed by atoms with Gasteiger partial charge in [0.05, 0.1) is 6.26 Å². The molecule has 0 rings (SSSR count). The van der Waals surface area contributed by atoms with Crippen LogP contribution in [-0.2, 0) is 0 Å². The van der Waals surface area contributed by atoms with Crippen LogP contribution in [0.3, 0.4) is 0 Å². The number of allylic oxidation sites excluding steroid dienone is 5. The lowest BCUT2D eigenvalue weighted by molar-refractivity contribution is 0.472. The Kier molecular flexibility index (Phi) is 4.69. The molecule has 0 bridgehead atoms. The number of aliphatic hydroxyl groups excluding tert-OH is 1. The molecule has 0 saturated carbocycles. The van der Waals surface area contributed by atoms with Crippen molar-refractivity contribution in [3.05, 3.63) is 36.0 Å². The molecular weight excluding hydrogens is 111 g/mol. The molecule has 0 aliphatic heterocycles. The molecular formula is C7H9BO. The van der Waals surface area contributed by atoms with Crippen LogP contribution in [-0.4, -0.2) is 13.0 Å². The third kappa shape index (κ3) is 4.95. The van der Waals surface area contributed by atoms with Crippen molar-refractivity contribution >= 4 is 7.85 Å². The summed E-state index contributed by atoms with van der Waals surface area (Å²) < 4.78 is 0. The number of aliphatic hydroxyl groups is 1. The standard InChI is InChI=1S/C7H9BO/c1-2-3-4-5-7(8)6-9/h2-6,9H,1H3/b3-2-,5-4-,7-6-. The molecule has 0 fully saturated rings. The van der Waals surface area contributed by atoms with Crippen molar-refractivity contribution in [3.63, 3.8) is 0 Å². The summed E-state index contributed by atoms with van der Waals surface area (Å²) in [5.74, 6) is 0. The van der Waals surface area contributed by atoms with Gasteiger partial charge in [0.25, 0.3) is 0 Å². The molecule has 0 aliphatic carbocycles. The van der Waals surface area contributed by atoms with Gasteiger partial charge in [-0.1, -0.05) is 29.8 Å². The van der Waals surface area contributed by atoms with Crippen molar-refractivity contribution in [1.82, 2.24) is 0 Å². The van der Waals surface area contributed by atoms with Gasteiger partial charge in [-0.25, -0.2) is 0 Å². The smallest absolute Gasteiger partial charge is 0.118 e. The third-order valence-electron chi connectivity index (χ3n) is 0.741. The molecule has 9 heavy (non-hydrogen) atoms. The molecule has 0 amide bonds. The summed E-state index contributed by atoms with van der Waals surface area (Å²) in [4.78, 5) is 0. The molecule has 0 aromatic heterocycles. The Morgan fingerprint density at radius 3 is 2.56 bits per heavy atom. The van der Waals surface area contributed by atoms with E-state index in [-0.39, 0.29) is 0 Å². The van der Waals surface area contributed by atoms with Gasteiger partial charge < -0.3 is 5.11 Å². The van der Waals surface area contributed by atoms with Crippen LogP contribution in [0.4, 0.5) is 0 Å². The molecule has 0 heterocycles. The molecule has 0 atom stereocenters. The van der Waals surface area contributed by atoms with Gasteiger partial charge in [-0.05, 0) is 6.92 Å². The fourth-order valence-electron chi connectivity index (χ4n) is 0.321. The second-order valence-electron chi connectivity index (χ2n) is 1.51. The zero-order valence-corrected chi connectivity index (χ0v) is 5.41. The minimum atomic E-state index is 0.355. The van der Waals surface area contributed by atoms with Crippen molar-refractivity contribution in [2.24, 2.45) is 0 Å². The summed E-state index contributed by atoms with van der Waals surface area (Å²) in [5.41, 5.74) is 0.355. The Bertz CT molecular complexity index is 145. The van der Waals surface area contributed by atoms with Crippen molar-refractivity contribution in [1.29, 1.82) is 0 Å².